The van der Waals surface area contributed by atoms with Crippen LogP contribution in [0.15, 0.2) is 12.7 Å². The lowest BCUT2D eigenvalue weighted by molar-refractivity contribution is -1.06. The predicted molar refractivity (Wildman–Crippen MR) is 38.9 cm³/mol. The molecule has 0 radical (unpaired) electrons. The average molecular weight is 271 g/mol. The Balaban J connectivity index is 0. The molecule has 0 N–H and O–H groups in total. The van der Waals surface area contributed by atoms with E-state index in [1.165, 1.54) is 0 Å². The summed E-state index contributed by atoms with van der Waals surface area (Å²) >= 11 is 0. The van der Waals surface area contributed by atoms with E-state index in [-0.39, 0.29) is 34.6 Å². The number of rotatable bonds is 3. The number of hydrogen-bond acceptors (Lipinski definition) is 2. The molecular weight excluding hydrogens is 257 g/mol. The smallest absolute Gasteiger partial charge is 0.389 e. The maximum Gasteiger partial charge on any atom is 0.389 e. The second-order valence-electron chi connectivity index (χ2n) is 2.50. The zero-order chi connectivity index (χ0) is 8.20. The van der Waals surface area contributed by atoms with Crippen LogP contribution >= 0.6 is 0 Å². The summed E-state index contributed by atoms with van der Waals surface area (Å²) in [6.45, 7) is 5.98. The largest absolute Gasteiger partial charge is 1.00 e. The van der Waals surface area contributed by atoms with Gasteiger partial charge < -0.3 is 24.0 Å². The second-order valence-corrected chi connectivity index (χ2v) is 2.50. The minimum Gasteiger partial charge on any atom is -1.00 e. The quantitative estimate of drug-likeness (QED) is 0.250. The fourth-order valence-corrected chi connectivity index (χ4v) is 0.345. The lowest BCUT2D eigenvalue weighted by Crippen LogP contribution is -3.00. The van der Waals surface area contributed by atoms with Crippen LogP contribution in [0.5, 0.6) is 0 Å². The molecule has 3 nitrogen and oxygen atoms in total. The predicted octanol–water partition coefficient (Wildman–Crippen LogP) is -2.27. The van der Waals surface area contributed by atoms with Crippen LogP contribution in [0, 0.1) is 0 Å². The molecule has 0 atom stereocenters. The monoisotopic (exact) mass is 271 g/mol. The Morgan fingerprint density at radius 3 is 2.36 bits per heavy atom. The third kappa shape index (κ3) is 6.30. The summed E-state index contributed by atoms with van der Waals surface area (Å²) in [5.41, 5.74) is 0. The van der Waals surface area contributed by atoms with E-state index in [0.29, 0.717) is 0 Å². The first-order valence-electron chi connectivity index (χ1n) is 3.21. The summed E-state index contributed by atoms with van der Waals surface area (Å²) in [5, 5.41) is 0. The number of carbonyl (C=O) groups excluding carboxylic acids is 1. The van der Waals surface area contributed by atoms with Gasteiger partial charge >= 0.3 is 5.97 Å². The van der Waals surface area contributed by atoms with Crippen molar-refractivity contribution >= 4 is 5.97 Å². The molecule has 0 amide bonds. The van der Waals surface area contributed by atoms with Crippen LogP contribution in [0.3, 0.4) is 0 Å². The minimum absolute atomic E-state index is 0. The molecule has 0 aromatic rings. The molecule has 0 aromatic heterocycles. The van der Waals surface area contributed by atoms with E-state index in [4.69, 9.17) is 4.84 Å². The molecule has 0 fully saturated rings. The summed E-state index contributed by atoms with van der Waals surface area (Å²) in [4.78, 5) is 15.5. The summed E-state index contributed by atoms with van der Waals surface area (Å²) in [6.07, 6.45) is 1.16. The summed E-state index contributed by atoms with van der Waals surface area (Å²) in [6, 6.07) is 0. The molecule has 0 aliphatic carbocycles. The lowest BCUT2D eigenvalue weighted by atomic mass is 10.6. The molecule has 66 valence electrons. The van der Waals surface area contributed by atoms with Gasteiger partial charge in [-0.1, -0.05) is 6.58 Å². The fourth-order valence-electron chi connectivity index (χ4n) is 0.345. The topological polar surface area (TPSA) is 26.3 Å². The number of hydrogen-bond donors (Lipinski definition) is 0. The first-order valence-corrected chi connectivity index (χ1v) is 3.21. The molecule has 0 saturated carbocycles. The molecule has 11 heavy (non-hydrogen) atoms. The fraction of sp³-hybridized carbons (Fsp3) is 0.571. The number of hydroxylamine groups is 3. The minimum atomic E-state index is -0.383. The highest BCUT2D eigenvalue weighted by Gasteiger charge is 2.16. The SMILES string of the molecule is C=CC(=O)O[N+](C)(C)CC.[I-]. The van der Waals surface area contributed by atoms with Crippen LogP contribution < -0.4 is 24.0 Å². The summed E-state index contributed by atoms with van der Waals surface area (Å²) in [5.74, 6) is -0.383. The zero-order valence-electron chi connectivity index (χ0n) is 7.13. The highest BCUT2D eigenvalue weighted by molar-refractivity contribution is 5.80. The summed E-state index contributed by atoms with van der Waals surface area (Å²) < 4.78 is 0.241. The van der Waals surface area contributed by atoms with Crippen molar-refractivity contribution in [3.63, 3.8) is 0 Å². The molecule has 0 unspecified atom stereocenters. The van der Waals surface area contributed by atoms with Gasteiger partial charge in [0.15, 0.2) is 0 Å². The zero-order valence-corrected chi connectivity index (χ0v) is 9.29. The van der Waals surface area contributed by atoms with Gasteiger partial charge in [0.05, 0.1) is 0 Å². The molecule has 0 rings (SSSR count). The van der Waals surface area contributed by atoms with Crippen molar-refractivity contribution < 1.29 is 38.3 Å². The normalized spacial score (nSPS) is 9.73. The number of carbonyl (C=O) groups is 1. The molecule has 0 aliphatic rings. The van der Waals surface area contributed by atoms with Crippen molar-refractivity contribution in [3.05, 3.63) is 12.7 Å². The first kappa shape index (κ1) is 13.5. The van der Waals surface area contributed by atoms with Gasteiger partial charge in [-0.25, -0.2) is 4.79 Å². The van der Waals surface area contributed by atoms with Crippen molar-refractivity contribution in [2.45, 2.75) is 6.92 Å². The van der Waals surface area contributed by atoms with Gasteiger partial charge in [-0.3, -0.25) is 4.84 Å². The number of quaternary nitrogens is 1. The molecule has 0 aliphatic heterocycles. The van der Waals surface area contributed by atoms with Crippen LogP contribution in [0.25, 0.3) is 0 Å². The Bertz CT molecular complexity index is 145. The molecule has 0 bridgehead atoms. The third-order valence-electron chi connectivity index (χ3n) is 1.27. The van der Waals surface area contributed by atoms with Crippen molar-refractivity contribution in [2.75, 3.05) is 20.6 Å². The van der Waals surface area contributed by atoms with Gasteiger partial charge in [-0.05, 0) is 6.92 Å². The van der Waals surface area contributed by atoms with E-state index in [9.17, 15) is 4.79 Å². The molecular formula is C7H14INO2. The maximum absolute atomic E-state index is 10.6. The van der Waals surface area contributed by atoms with Crippen LogP contribution in [0.4, 0.5) is 0 Å². The summed E-state index contributed by atoms with van der Waals surface area (Å²) in [7, 11) is 3.61. The molecule has 4 heteroatoms. The van der Waals surface area contributed by atoms with Gasteiger partial charge in [-0.15, -0.1) is 4.65 Å². The molecule has 0 heterocycles. The standard InChI is InChI=1S/C7H14NO2.HI/c1-5-7(9)10-8(3,4)6-2;/h5H,1,6H2,2-4H3;1H/q+1;/p-1. The highest BCUT2D eigenvalue weighted by atomic mass is 127. The van der Waals surface area contributed by atoms with Crippen molar-refractivity contribution in [1.29, 1.82) is 0 Å². The van der Waals surface area contributed by atoms with Crippen molar-refractivity contribution in [3.8, 4) is 0 Å². The van der Waals surface area contributed by atoms with E-state index in [2.05, 4.69) is 6.58 Å². The van der Waals surface area contributed by atoms with Gasteiger partial charge in [-0.2, -0.15) is 0 Å². The van der Waals surface area contributed by atoms with E-state index in [1.54, 1.807) is 14.1 Å². The van der Waals surface area contributed by atoms with E-state index in [1.807, 2.05) is 6.92 Å². The van der Waals surface area contributed by atoms with Gasteiger partial charge in [0.1, 0.15) is 20.6 Å². The maximum atomic E-state index is 10.6. The Labute approximate surface area is 84.6 Å². The van der Waals surface area contributed by atoms with Crippen LogP contribution in [-0.4, -0.2) is 31.3 Å². The molecule has 0 aromatic carbocycles. The van der Waals surface area contributed by atoms with Crippen LogP contribution in [0.2, 0.25) is 0 Å². The lowest BCUT2D eigenvalue weighted by Gasteiger charge is -2.23. The number of nitrogens with zero attached hydrogens (tertiary/aromatic N) is 1. The Hall–Kier alpha value is -0.100. The van der Waals surface area contributed by atoms with Gasteiger partial charge in [0.2, 0.25) is 0 Å². The average Bonchev–Trinajstić information content (AvgIpc) is 1.87. The highest BCUT2D eigenvalue weighted by Crippen LogP contribution is 1.97. The Morgan fingerprint density at radius 1 is 1.64 bits per heavy atom. The van der Waals surface area contributed by atoms with E-state index < -0.39 is 0 Å². The first-order chi connectivity index (χ1) is 4.52. The van der Waals surface area contributed by atoms with E-state index >= 15 is 0 Å². The van der Waals surface area contributed by atoms with Crippen molar-refractivity contribution in [2.24, 2.45) is 0 Å². The van der Waals surface area contributed by atoms with E-state index in [0.717, 1.165) is 12.6 Å². The van der Waals surface area contributed by atoms with Crippen LogP contribution in [0.1, 0.15) is 6.92 Å². The molecule has 0 spiro atoms. The molecule has 0 saturated heterocycles. The van der Waals surface area contributed by atoms with Gasteiger partial charge in [0.25, 0.3) is 0 Å². The van der Waals surface area contributed by atoms with Gasteiger partial charge in [0, 0.05) is 6.08 Å². The second kappa shape index (κ2) is 5.54. The van der Waals surface area contributed by atoms with Crippen molar-refractivity contribution in [1.82, 2.24) is 0 Å². The third-order valence-corrected chi connectivity index (χ3v) is 1.27. The Kier molecular flexibility index (Phi) is 6.79. The van der Waals surface area contributed by atoms with Crippen LogP contribution in [-0.2, 0) is 9.63 Å². The number of halogens is 1. The Morgan fingerprint density at radius 2 is 2.09 bits per heavy atom.